The van der Waals surface area contributed by atoms with E-state index in [0.717, 1.165) is 22.4 Å². The summed E-state index contributed by atoms with van der Waals surface area (Å²) in [6, 6.07) is 13.1. The first-order valence-corrected chi connectivity index (χ1v) is 9.09. The van der Waals surface area contributed by atoms with E-state index in [1.165, 1.54) is 0 Å². The summed E-state index contributed by atoms with van der Waals surface area (Å²) >= 11 is 0. The zero-order valence-electron chi connectivity index (χ0n) is 16.6. The molecule has 0 saturated heterocycles. The Kier molecular flexibility index (Phi) is 6.41. The van der Waals surface area contributed by atoms with Gasteiger partial charge in [-0.3, -0.25) is 4.79 Å². The fourth-order valence-electron chi connectivity index (χ4n) is 3.11. The van der Waals surface area contributed by atoms with Crippen LogP contribution in [0.1, 0.15) is 10.5 Å². The molecule has 3 N–H and O–H groups in total. The number of nitrogens with one attached hydrogen (secondary N) is 2. The lowest BCUT2D eigenvalue weighted by Gasteiger charge is -2.12. The molecular weight excluding hydrogens is 372 g/mol. The van der Waals surface area contributed by atoms with E-state index in [0.29, 0.717) is 22.8 Å². The summed E-state index contributed by atoms with van der Waals surface area (Å²) in [6.07, 6.45) is 1.79. The highest BCUT2D eigenvalue weighted by Gasteiger charge is 2.21. The Balaban J connectivity index is 2.18. The van der Waals surface area contributed by atoms with E-state index in [1.807, 2.05) is 36.4 Å². The number of H-pyrrole nitrogens is 1. The van der Waals surface area contributed by atoms with Crippen LogP contribution in [0.25, 0.3) is 22.3 Å². The molecule has 7 nitrogen and oxygen atoms in total. The van der Waals surface area contributed by atoms with E-state index in [4.69, 9.17) is 19.3 Å². The Morgan fingerprint density at radius 3 is 2.10 bits per heavy atom. The number of carbonyl (C=O) groups excluding carboxylic acids is 1. The molecule has 1 heterocycles. The number of methoxy groups -OCH3 is 3. The van der Waals surface area contributed by atoms with Gasteiger partial charge in [-0.15, -0.1) is 0 Å². The van der Waals surface area contributed by atoms with Crippen LogP contribution in [-0.2, 0) is 0 Å². The lowest BCUT2D eigenvalue weighted by Crippen LogP contribution is -2.27. The van der Waals surface area contributed by atoms with Crippen molar-refractivity contribution in [3.8, 4) is 39.5 Å². The van der Waals surface area contributed by atoms with Gasteiger partial charge in [0.1, 0.15) is 22.9 Å². The highest BCUT2D eigenvalue weighted by molar-refractivity contribution is 6.04. The van der Waals surface area contributed by atoms with Crippen molar-refractivity contribution in [2.45, 2.75) is 0 Å². The molecule has 1 aromatic heterocycles. The summed E-state index contributed by atoms with van der Waals surface area (Å²) in [4.78, 5) is 15.8. The van der Waals surface area contributed by atoms with Crippen molar-refractivity contribution < 1.29 is 24.1 Å². The van der Waals surface area contributed by atoms with Crippen LogP contribution in [0.4, 0.5) is 0 Å². The Morgan fingerprint density at radius 2 is 1.55 bits per heavy atom. The van der Waals surface area contributed by atoms with Crippen molar-refractivity contribution in [2.75, 3.05) is 34.5 Å². The number of hydrogen-bond acceptors (Lipinski definition) is 5. The summed E-state index contributed by atoms with van der Waals surface area (Å²) in [7, 11) is 4.77. The molecule has 2 aromatic carbocycles. The zero-order valence-corrected chi connectivity index (χ0v) is 16.6. The van der Waals surface area contributed by atoms with E-state index in [9.17, 15) is 4.79 Å². The van der Waals surface area contributed by atoms with E-state index >= 15 is 0 Å². The van der Waals surface area contributed by atoms with Gasteiger partial charge < -0.3 is 29.6 Å². The maximum atomic E-state index is 12.7. The van der Waals surface area contributed by atoms with E-state index in [1.54, 1.807) is 33.6 Å². The molecule has 3 rings (SSSR count). The largest absolute Gasteiger partial charge is 0.497 e. The SMILES string of the molecule is COc1ccc(-c2c[nH]c(C(=O)NCCO)c2-c2cc(OC)cc(OC)c2)cc1. The fourth-order valence-corrected chi connectivity index (χ4v) is 3.11. The monoisotopic (exact) mass is 396 g/mol. The number of carbonyl (C=O) groups is 1. The molecule has 0 fully saturated rings. The van der Waals surface area contributed by atoms with Crippen molar-refractivity contribution in [2.24, 2.45) is 0 Å². The molecule has 0 saturated carbocycles. The summed E-state index contributed by atoms with van der Waals surface area (Å²) in [5.41, 5.74) is 3.63. The van der Waals surface area contributed by atoms with Gasteiger partial charge in [0.2, 0.25) is 0 Å². The highest BCUT2D eigenvalue weighted by atomic mass is 16.5. The van der Waals surface area contributed by atoms with Crippen LogP contribution >= 0.6 is 0 Å². The number of hydrogen-bond donors (Lipinski definition) is 3. The Bertz CT molecular complexity index is 957. The smallest absolute Gasteiger partial charge is 0.268 e. The number of ether oxygens (including phenoxy) is 3. The Morgan fingerprint density at radius 1 is 0.931 bits per heavy atom. The lowest BCUT2D eigenvalue weighted by molar-refractivity contribution is 0.0941. The van der Waals surface area contributed by atoms with Gasteiger partial charge in [-0.05, 0) is 35.4 Å². The standard InChI is InChI=1S/C22H24N2O5/c1-27-16-6-4-14(5-7-16)19-13-24-21(22(26)23-8-9-25)20(19)15-10-17(28-2)12-18(11-15)29-3/h4-7,10-13,24-25H,8-9H2,1-3H3,(H,23,26). The number of amides is 1. The third kappa shape index (κ3) is 4.35. The molecule has 29 heavy (non-hydrogen) atoms. The van der Waals surface area contributed by atoms with Crippen molar-refractivity contribution in [1.82, 2.24) is 10.3 Å². The predicted molar refractivity (Wildman–Crippen MR) is 111 cm³/mol. The van der Waals surface area contributed by atoms with Crippen LogP contribution in [0, 0.1) is 0 Å². The summed E-state index contributed by atoms with van der Waals surface area (Å²) in [5, 5.41) is 11.7. The topological polar surface area (TPSA) is 92.8 Å². The van der Waals surface area contributed by atoms with E-state index in [-0.39, 0.29) is 19.1 Å². The molecule has 0 bridgehead atoms. The van der Waals surface area contributed by atoms with Gasteiger partial charge in [0.15, 0.2) is 0 Å². The van der Waals surface area contributed by atoms with Gasteiger partial charge in [0, 0.05) is 29.9 Å². The van der Waals surface area contributed by atoms with Gasteiger partial charge in [-0.2, -0.15) is 0 Å². The normalized spacial score (nSPS) is 10.5. The summed E-state index contributed by atoms with van der Waals surface area (Å²) in [5.74, 6) is 1.66. The van der Waals surface area contributed by atoms with Gasteiger partial charge in [0.05, 0.1) is 27.9 Å². The second-order valence-electron chi connectivity index (χ2n) is 6.26. The molecule has 0 radical (unpaired) electrons. The maximum absolute atomic E-state index is 12.7. The molecule has 0 aliphatic heterocycles. The van der Waals surface area contributed by atoms with Gasteiger partial charge in [0.25, 0.3) is 5.91 Å². The van der Waals surface area contributed by atoms with Crippen molar-refractivity contribution >= 4 is 5.91 Å². The van der Waals surface area contributed by atoms with Crippen molar-refractivity contribution in [1.29, 1.82) is 0 Å². The molecule has 0 unspecified atom stereocenters. The molecule has 0 spiro atoms. The first-order chi connectivity index (χ1) is 14.1. The predicted octanol–water partition coefficient (Wildman–Crippen LogP) is 3.10. The molecule has 7 heteroatoms. The van der Waals surface area contributed by atoms with Crippen molar-refractivity contribution in [3.63, 3.8) is 0 Å². The third-order valence-corrected chi connectivity index (χ3v) is 4.55. The van der Waals surface area contributed by atoms with Crippen LogP contribution in [0.2, 0.25) is 0 Å². The Hall–Kier alpha value is -3.45. The first-order valence-electron chi connectivity index (χ1n) is 9.09. The molecule has 0 aliphatic carbocycles. The number of aliphatic hydroxyl groups excluding tert-OH is 1. The molecule has 0 atom stereocenters. The number of aromatic amines is 1. The van der Waals surface area contributed by atoms with Crippen molar-refractivity contribution in [3.05, 3.63) is 54.4 Å². The van der Waals surface area contributed by atoms with E-state index < -0.39 is 0 Å². The average Bonchev–Trinajstić information content (AvgIpc) is 3.22. The number of aromatic nitrogens is 1. The molecule has 3 aromatic rings. The third-order valence-electron chi connectivity index (χ3n) is 4.55. The molecule has 1 amide bonds. The van der Waals surface area contributed by atoms with Crippen LogP contribution in [0.3, 0.4) is 0 Å². The van der Waals surface area contributed by atoms with Gasteiger partial charge in [-0.25, -0.2) is 0 Å². The fraction of sp³-hybridized carbons (Fsp3) is 0.227. The number of aliphatic hydroxyl groups is 1. The zero-order chi connectivity index (χ0) is 20.8. The summed E-state index contributed by atoms with van der Waals surface area (Å²) < 4.78 is 16.0. The quantitative estimate of drug-likeness (QED) is 0.544. The van der Waals surface area contributed by atoms with Crippen LogP contribution < -0.4 is 19.5 Å². The van der Waals surface area contributed by atoms with Crippen LogP contribution in [0.15, 0.2) is 48.7 Å². The Labute approximate surface area is 169 Å². The molecule has 152 valence electrons. The molecule has 0 aliphatic rings. The minimum atomic E-state index is -0.310. The maximum Gasteiger partial charge on any atom is 0.268 e. The molecular formula is C22H24N2O5. The van der Waals surface area contributed by atoms with E-state index in [2.05, 4.69) is 10.3 Å². The lowest BCUT2D eigenvalue weighted by atomic mass is 9.96. The first kappa shape index (κ1) is 20.3. The second-order valence-corrected chi connectivity index (χ2v) is 6.26. The van der Waals surface area contributed by atoms with Crippen LogP contribution in [0.5, 0.6) is 17.2 Å². The summed E-state index contributed by atoms with van der Waals surface area (Å²) in [6.45, 7) is 0.0245. The number of benzene rings is 2. The minimum absolute atomic E-state index is 0.139. The minimum Gasteiger partial charge on any atom is -0.497 e. The van der Waals surface area contributed by atoms with Gasteiger partial charge in [-0.1, -0.05) is 12.1 Å². The average molecular weight is 396 g/mol. The highest BCUT2D eigenvalue weighted by Crippen LogP contribution is 2.39. The van der Waals surface area contributed by atoms with Crippen LogP contribution in [-0.4, -0.2) is 50.5 Å². The van der Waals surface area contributed by atoms with Gasteiger partial charge >= 0.3 is 0 Å². The number of rotatable bonds is 8. The second kappa shape index (κ2) is 9.16.